The average molecular weight is 1760 g/mol. The van der Waals surface area contributed by atoms with E-state index in [4.69, 9.17) is 5.73 Å². The van der Waals surface area contributed by atoms with E-state index in [0.717, 1.165) is 44.5 Å². The minimum atomic E-state index is -1.12. The molecule has 650 valence electrons. The molecule has 0 aliphatic heterocycles. The summed E-state index contributed by atoms with van der Waals surface area (Å²) < 4.78 is 0. The number of aryl methyl sites for hydroxylation is 2. The number of anilines is 6. The summed E-state index contributed by atoms with van der Waals surface area (Å²) in [5.41, 5.74) is 24.2. The van der Waals surface area contributed by atoms with Crippen LogP contribution >= 0.6 is 0 Å². The fraction of sp³-hybridized carbons (Fsp3) is 0.0459. The van der Waals surface area contributed by atoms with Crippen LogP contribution < -0.4 is 37.6 Å². The van der Waals surface area contributed by atoms with Crippen LogP contribution in [0.3, 0.4) is 0 Å². The van der Waals surface area contributed by atoms with E-state index in [0.29, 0.717) is 117 Å². The zero-order chi connectivity index (χ0) is 93.9. The third-order valence-corrected chi connectivity index (χ3v) is 23.2. The second kappa shape index (κ2) is 36.9. The Labute approximate surface area is 759 Å². The van der Waals surface area contributed by atoms with Gasteiger partial charge in [-0.05, 0) is 192 Å². The van der Waals surface area contributed by atoms with E-state index >= 15 is 0 Å². The molecule has 15 aromatic carbocycles. The van der Waals surface area contributed by atoms with Gasteiger partial charge in [-0.25, -0.2) is 4.79 Å². The van der Waals surface area contributed by atoms with Crippen molar-refractivity contribution in [1.82, 2.24) is 5.32 Å². The van der Waals surface area contributed by atoms with Gasteiger partial charge in [0.15, 0.2) is 40.5 Å². The molecular weight excluding hydrogens is 1680 g/mol. The molecular formula is C109H77N7O17. The number of benzene rings is 15. The Hall–Kier alpha value is -18.3. The second-order valence-electron chi connectivity index (χ2n) is 31.3. The molecule has 20 rings (SSSR count). The highest BCUT2D eigenvalue weighted by Gasteiger charge is 2.37. The number of phenolic OH excluding ortho intramolecular Hbond substituents is 2. The molecule has 24 heteroatoms. The van der Waals surface area contributed by atoms with Gasteiger partial charge >= 0.3 is 5.97 Å². The van der Waals surface area contributed by atoms with Crippen molar-refractivity contribution in [2.75, 3.05) is 39.4 Å². The smallest absolute Gasteiger partial charge is 0.338 e. The van der Waals surface area contributed by atoms with Gasteiger partial charge in [0.05, 0.1) is 61.7 Å². The number of hydrogen-bond donors (Lipinski definition) is 10. The van der Waals surface area contributed by atoms with E-state index in [1.807, 2.05) is 103 Å². The van der Waals surface area contributed by atoms with Crippen LogP contribution in [-0.4, -0.2) is 104 Å². The minimum absolute atomic E-state index is 0.0352. The van der Waals surface area contributed by atoms with Crippen molar-refractivity contribution in [1.29, 1.82) is 0 Å². The summed E-state index contributed by atoms with van der Waals surface area (Å²) in [6.45, 7) is 6.17. The van der Waals surface area contributed by atoms with Gasteiger partial charge in [0.25, 0.3) is 35.4 Å². The molecule has 15 aromatic rings. The average Bonchev–Trinajstić information content (AvgIpc) is 1.62. The molecule has 24 nitrogen and oxygen atoms in total. The zero-order valence-corrected chi connectivity index (χ0v) is 71.6. The molecule has 0 aromatic heterocycles. The SMILES string of the molecule is CC(=O)c1cccc(NC(=O)c2cccc3c2C(=O)c2ccccc2-3)c1N.CC(=O)c1cccc(NC(=O)c2cccc3c2C(=O)c2ccccc2-3)c1O.CNC(=O)c1cccc(NC(=O)c2cccc3c2C(=O)c2ccccc2-3)c1.Cc1cc(NC(=O)c2cccc3c2C(=O)c2ccccc2-3)ccc1O.Cc1cccc(NC(=O)c2cccc3c2C(=O)c2ccccc2-3)c1C(=O)O. The van der Waals surface area contributed by atoms with Crippen LogP contribution in [0.15, 0.2) is 309 Å². The van der Waals surface area contributed by atoms with Crippen LogP contribution in [0, 0.1) is 13.8 Å². The largest absolute Gasteiger partial charge is 0.508 e. The highest BCUT2D eigenvalue weighted by molar-refractivity contribution is 6.32. The molecule has 0 atom stereocenters. The van der Waals surface area contributed by atoms with Crippen LogP contribution in [0.2, 0.25) is 0 Å². The molecule has 0 saturated heterocycles. The highest BCUT2D eigenvalue weighted by Crippen LogP contribution is 2.45. The first kappa shape index (κ1) is 88.1. The lowest BCUT2D eigenvalue weighted by atomic mass is 10.00. The molecule has 0 heterocycles. The summed E-state index contributed by atoms with van der Waals surface area (Å²) in [5, 5.41) is 45.4. The van der Waals surface area contributed by atoms with Crippen molar-refractivity contribution in [2.24, 2.45) is 0 Å². The van der Waals surface area contributed by atoms with Gasteiger partial charge in [0.2, 0.25) is 0 Å². The number of rotatable bonds is 14. The lowest BCUT2D eigenvalue weighted by Gasteiger charge is -2.12. The monoisotopic (exact) mass is 1760 g/mol. The van der Waals surface area contributed by atoms with E-state index in [9.17, 15) is 82.4 Å². The maximum atomic E-state index is 12.9. The number of fused-ring (bicyclic) bond motifs is 15. The summed E-state index contributed by atoms with van der Waals surface area (Å²) in [7, 11) is 1.55. The molecule has 6 amide bonds. The Morgan fingerprint density at radius 3 is 0.910 bits per heavy atom. The number of aromatic carboxylic acids is 1. The van der Waals surface area contributed by atoms with Gasteiger partial charge in [-0.15, -0.1) is 0 Å². The number of nitrogens with two attached hydrogens (primary N) is 1. The van der Waals surface area contributed by atoms with E-state index in [1.54, 1.807) is 203 Å². The summed E-state index contributed by atoms with van der Waals surface area (Å²) in [6.07, 6.45) is 0. The number of nitrogen functional groups attached to an aromatic ring is 1. The van der Waals surface area contributed by atoms with Crippen molar-refractivity contribution >= 4 is 116 Å². The van der Waals surface area contributed by atoms with Crippen LogP contribution in [0.5, 0.6) is 11.5 Å². The zero-order valence-electron chi connectivity index (χ0n) is 71.6. The molecule has 0 unspecified atom stereocenters. The maximum absolute atomic E-state index is 12.9. The third kappa shape index (κ3) is 16.9. The van der Waals surface area contributed by atoms with Crippen LogP contribution in [0.4, 0.5) is 34.1 Å². The summed E-state index contributed by atoms with van der Waals surface area (Å²) in [5.74, 6) is -5.03. The molecule has 0 fully saturated rings. The van der Waals surface area contributed by atoms with Gasteiger partial charge in [-0.2, -0.15) is 0 Å². The Morgan fingerprint density at radius 1 is 0.271 bits per heavy atom. The number of carbonyl (C=O) groups excluding carboxylic acids is 13. The number of para-hydroxylation sites is 2. The number of phenols is 2. The van der Waals surface area contributed by atoms with E-state index in [1.165, 1.54) is 38.1 Å². The molecule has 11 N–H and O–H groups in total. The number of Topliss-reactive ketones (excluding diaryl/α,β-unsaturated/α-hetero) is 2. The third-order valence-electron chi connectivity index (χ3n) is 23.2. The number of ketones is 7. The molecule has 0 spiro atoms. The predicted octanol–water partition coefficient (Wildman–Crippen LogP) is 19.8. The Balaban J connectivity index is 0.000000121. The first-order valence-electron chi connectivity index (χ1n) is 41.7. The second-order valence-corrected chi connectivity index (χ2v) is 31.3. The highest BCUT2D eigenvalue weighted by atomic mass is 16.4. The number of nitrogens with one attached hydrogen (secondary N) is 6. The first-order chi connectivity index (χ1) is 64.1. The molecule has 0 bridgehead atoms. The summed E-state index contributed by atoms with van der Waals surface area (Å²) >= 11 is 0. The fourth-order valence-corrected chi connectivity index (χ4v) is 16.9. The summed E-state index contributed by atoms with van der Waals surface area (Å²) in [6, 6.07) is 88.2. The molecule has 5 aliphatic rings. The quantitative estimate of drug-likeness (QED) is 0.0209. The first-order valence-corrected chi connectivity index (χ1v) is 41.7. The van der Waals surface area contributed by atoms with Crippen LogP contribution in [0.25, 0.3) is 55.6 Å². The van der Waals surface area contributed by atoms with E-state index in [-0.39, 0.29) is 115 Å². The minimum Gasteiger partial charge on any atom is -0.508 e. The number of carboxylic acids is 1. The van der Waals surface area contributed by atoms with Gasteiger partial charge in [0.1, 0.15) is 11.5 Å². The fourth-order valence-electron chi connectivity index (χ4n) is 16.9. The summed E-state index contributed by atoms with van der Waals surface area (Å²) in [4.78, 5) is 175. The number of aromatic hydroxyl groups is 2. The van der Waals surface area contributed by atoms with Crippen molar-refractivity contribution in [3.05, 3.63) is 426 Å². The predicted molar refractivity (Wildman–Crippen MR) is 506 cm³/mol. The lowest BCUT2D eigenvalue weighted by molar-refractivity contribution is 0.0694. The van der Waals surface area contributed by atoms with Crippen LogP contribution in [-0.2, 0) is 0 Å². The topological polar surface area (TPSA) is 398 Å². The molecule has 0 radical (unpaired) electrons. The van der Waals surface area contributed by atoms with E-state index in [2.05, 4.69) is 31.9 Å². The van der Waals surface area contributed by atoms with Gasteiger partial charge < -0.3 is 53.0 Å². The van der Waals surface area contributed by atoms with Crippen molar-refractivity contribution in [2.45, 2.75) is 27.7 Å². The molecule has 5 aliphatic carbocycles. The number of carboxylic acid groups (broad SMARTS) is 1. The lowest BCUT2D eigenvalue weighted by Crippen LogP contribution is -2.19. The Bertz CT molecular complexity index is 7410. The molecule has 133 heavy (non-hydrogen) atoms. The number of hydrogen-bond acceptors (Lipinski definition) is 17. The van der Waals surface area contributed by atoms with Gasteiger partial charge in [-0.3, -0.25) is 62.3 Å². The van der Waals surface area contributed by atoms with Crippen LogP contribution in [0.1, 0.15) is 198 Å². The standard InChI is InChI=1S/2C22H16N2O3.2C22H15NO4.C21H15NO3/c1-23-21(26)13-6-4-7-14(12-13)24-22(27)18-11-5-10-16-15-8-2-3-9-17(15)20(25)19(16)18;1-12(25)13-8-5-11-18(20(13)23)24-22(27)17-10-4-9-15-14-6-2-3-7-16(14)21(26)19(15)17;1-12-6-4-11-17(18(12)22(26)27)23-21(25)16-10-5-9-14-13-7-2-3-8-15(13)20(24)19(14)16;1-12(24)13-8-5-11-18(20(13)25)23-22(27)17-10-4-9-15-14-6-2-3-7-16(14)21(26)19(15)17;1-12-11-13(9-10-18(12)23)22-21(25)17-8-4-7-15-14-5-2-3-6-16(14)20(24)19(15)17/h2-12H,1H3,(H,23,26)(H,24,27);2-11H,23H2,1H3,(H,24,27);2-11H,1H3,(H,23,25)(H,26,27);2-11,25H,1H3,(H,23,27);2-11,23H,1H3,(H,22,25). The van der Waals surface area contributed by atoms with E-state index < -0.39 is 23.7 Å². The van der Waals surface area contributed by atoms with Gasteiger partial charge in [-0.1, -0.05) is 212 Å². The normalized spacial score (nSPS) is 11.7. The van der Waals surface area contributed by atoms with Gasteiger partial charge in [0, 0.05) is 85.2 Å². The van der Waals surface area contributed by atoms with Crippen molar-refractivity contribution in [3.8, 4) is 67.1 Å². The van der Waals surface area contributed by atoms with Crippen molar-refractivity contribution in [3.63, 3.8) is 0 Å². The number of amides is 6. The number of carbonyl (C=O) groups is 14. The van der Waals surface area contributed by atoms with Crippen molar-refractivity contribution < 1.29 is 82.4 Å². The Morgan fingerprint density at radius 2 is 0.556 bits per heavy atom. The Kier molecular flexibility index (Phi) is 24.5. The maximum Gasteiger partial charge on any atom is 0.338 e. The molecule has 0 saturated carbocycles.